The Hall–Kier alpha value is -2.69. The van der Waals surface area contributed by atoms with E-state index < -0.39 is 6.55 Å². The average molecular weight is 487 g/mol. The summed E-state index contributed by atoms with van der Waals surface area (Å²) in [5.41, 5.74) is 2.17. The minimum atomic E-state index is -2.66. The molecule has 0 bridgehead atoms. The molecule has 10 heteroatoms. The smallest absolute Gasteiger partial charge is 0.320 e. The fourth-order valence-corrected chi connectivity index (χ4v) is 5.46. The van der Waals surface area contributed by atoms with Crippen LogP contribution < -0.4 is 5.32 Å². The predicted octanol–water partition coefficient (Wildman–Crippen LogP) is 5.10. The lowest BCUT2D eigenvalue weighted by atomic mass is 10.1. The number of nitrogens with one attached hydrogen (secondary N) is 1. The summed E-state index contributed by atoms with van der Waals surface area (Å²) in [6.07, 6.45) is 0. The van der Waals surface area contributed by atoms with Crippen molar-refractivity contribution in [1.29, 1.82) is 0 Å². The number of alkyl halides is 2. The number of nitrogens with zero attached hydrogens (tertiary/aromatic N) is 5. The van der Waals surface area contributed by atoms with Crippen molar-refractivity contribution in [2.75, 3.05) is 38.2 Å². The van der Waals surface area contributed by atoms with Crippen molar-refractivity contribution in [2.45, 2.75) is 39.8 Å². The van der Waals surface area contributed by atoms with Crippen LogP contribution in [0.4, 0.5) is 14.6 Å². The summed E-state index contributed by atoms with van der Waals surface area (Å²) < 4.78 is 34.3. The molecular formula is C24H28F2N6OS. The zero-order valence-corrected chi connectivity index (χ0v) is 20.3. The maximum Gasteiger partial charge on any atom is 0.320 e. The molecule has 1 unspecified atom stereocenters. The largest absolute Gasteiger partial charge is 0.379 e. The number of aromatic nitrogens is 4. The number of para-hydroxylation sites is 2. The highest BCUT2D eigenvalue weighted by molar-refractivity contribution is 7.18. The number of aryl methyl sites for hydroxylation is 2. The molecule has 0 radical (unpaired) electrons. The van der Waals surface area contributed by atoms with Crippen LogP contribution in [0.15, 0.2) is 24.3 Å². The van der Waals surface area contributed by atoms with Crippen LogP contribution in [-0.2, 0) is 11.3 Å². The van der Waals surface area contributed by atoms with E-state index in [2.05, 4.69) is 29.0 Å². The van der Waals surface area contributed by atoms with Crippen LogP contribution in [0.25, 0.3) is 21.3 Å². The molecule has 0 amide bonds. The van der Waals surface area contributed by atoms with Crippen LogP contribution in [0.3, 0.4) is 0 Å². The maximum atomic E-state index is 13.9. The standard InChI is InChI=1S/C24H28F2N6OS/c1-14(22-28-17-6-4-5-7-18(17)32(22)24(25)26)12-27-21-20-15(2)16(3)34-23(20)30-19(29-21)13-31-8-10-33-11-9-31/h4-7,14,24H,8-13H2,1-3H3,(H,27,29,30). The van der Waals surface area contributed by atoms with Gasteiger partial charge in [0.25, 0.3) is 0 Å². The Labute approximate surface area is 200 Å². The van der Waals surface area contributed by atoms with Gasteiger partial charge in [-0.2, -0.15) is 8.78 Å². The van der Waals surface area contributed by atoms with E-state index in [1.807, 2.05) is 13.0 Å². The third-order valence-corrected chi connectivity index (χ3v) is 7.48. The molecule has 7 nitrogen and oxygen atoms in total. The molecule has 3 aromatic heterocycles. The Morgan fingerprint density at radius 3 is 2.65 bits per heavy atom. The van der Waals surface area contributed by atoms with Crippen molar-refractivity contribution < 1.29 is 13.5 Å². The zero-order chi connectivity index (χ0) is 23.8. The normalized spacial score (nSPS) is 16.1. The SMILES string of the molecule is Cc1sc2nc(CN3CCOCC3)nc(NCC(C)c3nc4ccccc4n3C(F)F)c2c1C. The summed E-state index contributed by atoms with van der Waals surface area (Å²) >= 11 is 1.66. The number of fused-ring (bicyclic) bond motifs is 2. The van der Waals surface area contributed by atoms with E-state index in [0.29, 0.717) is 43.2 Å². The molecule has 0 saturated carbocycles. The van der Waals surface area contributed by atoms with Crippen LogP contribution in [0.5, 0.6) is 0 Å². The number of rotatable bonds is 7. The zero-order valence-electron chi connectivity index (χ0n) is 19.5. The van der Waals surface area contributed by atoms with E-state index in [-0.39, 0.29) is 5.92 Å². The summed E-state index contributed by atoms with van der Waals surface area (Å²) in [5, 5.41) is 4.44. The molecule has 5 rings (SSSR count). The molecule has 1 aromatic carbocycles. The molecule has 1 aliphatic heterocycles. The number of halogens is 2. The van der Waals surface area contributed by atoms with Crippen LogP contribution in [0.2, 0.25) is 0 Å². The van der Waals surface area contributed by atoms with Gasteiger partial charge in [0.2, 0.25) is 0 Å². The first kappa shape index (κ1) is 23.1. The Morgan fingerprint density at radius 2 is 1.88 bits per heavy atom. The van der Waals surface area contributed by atoms with Crippen LogP contribution in [0, 0.1) is 13.8 Å². The highest BCUT2D eigenvalue weighted by atomic mass is 32.1. The third kappa shape index (κ3) is 4.37. The number of morpholine rings is 1. The molecule has 1 N–H and O–H groups in total. The number of hydrogen-bond acceptors (Lipinski definition) is 7. The Bertz CT molecular complexity index is 1310. The van der Waals surface area contributed by atoms with Crippen LogP contribution >= 0.6 is 11.3 Å². The number of anilines is 1. The van der Waals surface area contributed by atoms with Crippen molar-refractivity contribution in [3.05, 3.63) is 46.4 Å². The molecule has 1 aliphatic rings. The lowest BCUT2D eigenvalue weighted by Crippen LogP contribution is -2.36. The third-order valence-electron chi connectivity index (χ3n) is 6.38. The number of hydrogen-bond donors (Lipinski definition) is 1. The second kappa shape index (κ2) is 9.52. The van der Waals surface area contributed by atoms with Gasteiger partial charge < -0.3 is 10.1 Å². The minimum absolute atomic E-state index is 0.255. The number of imidazole rings is 1. The minimum Gasteiger partial charge on any atom is -0.379 e. The summed E-state index contributed by atoms with van der Waals surface area (Å²) in [4.78, 5) is 18.6. The van der Waals surface area contributed by atoms with Gasteiger partial charge in [-0.15, -0.1) is 11.3 Å². The fraction of sp³-hybridized carbons (Fsp3) is 0.458. The van der Waals surface area contributed by atoms with Gasteiger partial charge in [-0.1, -0.05) is 19.1 Å². The van der Waals surface area contributed by atoms with E-state index in [1.54, 1.807) is 29.5 Å². The first-order valence-electron chi connectivity index (χ1n) is 11.5. The molecule has 4 aromatic rings. The molecule has 1 saturated heterocycles. The number of benzene rings is 1. The van der Waals surface area contributed by atoms with Gasteiger partial charge in [0.1, 0.15) is 22.3 Å². The highest BCUT2D eigenvalue weighted by Crippen LogP contribution is 2.34. The van der Waals surface area contributed by atoms with Crippen molar-refractivity contribution in [3.8, 4) is 0 Å². The first-order chi connectivity index (χ1) is 16.4. The van der Waals surface area contributed by atoms with E-state index >= 15 is 0 Å². The fourth-order valence-electron chi connectivity index (χ4n) is 4.41. The lowest BCUT2D eigenvalue weighted by molar-refractivity contribution is 0.0331. The van der Waals surface area contributed by atoms with Gasteiger partial charge in [0.15, 0.2) is 0 Å². The molecule has 34 heavy (non-hydrogen) atoms. The van der Waals surface area contributed by atoms with Gasteiger partial charge in [-0.3, -0.25) is 9.47 Å². The Morgan fingerprint density at radius 1 is 1.12 bits per heavy atom. The molecule has 0 spiro atoms. The van der Waals surface area contributed by atoms with Crippen molar-refractivity contribution in [3.63, 3.8) is 0 Å². The first-order valence-corrected chi connectivity index (χ1v) is 12.3. The molecule has 1 atom stereocenters. The summed E-state index contributed by atoms with van der Waals surface area (Å²) in [6.45, 7) is 7.63. The Kier molecular flexibility index (Phi) is 6.46. The highest BCUT2D eigenvalue weighted by Gasteiger charge is 2.23. The molecule has 180 valence electrons. The van der Waals surface area contributed by atoms with Gasteiger partial charge in [0, 0.05) is 30.4 Å². The predicted molar refractivity (Wildman–Crippen MR) is 131 cm³/mol. The number of thiophene rings is 1. The van der Waals surface area contributed by atoms with Gasteiger partial charge >= 0.3 is 6.55 Å². The lowest BCUT2D eigenvalue weighted by Gasteiger charge is -2.26. The van der Waals surface area contributed by atoms with E-state index in [0.717, 1.165) is 45.1 Å². The van der Waals surface area contributed by atoms with Crippen LogP contribution in [0.1, 0.15) is 41.5 Å². The van der Waals surface area contributed by atoms with Gasteiger partial charge in [-0.25, -0.2) is 15.0 Å². The topological polar surface area (TPSA) is 68.1 Å². The van der Waals surface area contributed by atoms with Gasteiger partial charge in [0.05, 0.1) is 36.2 Å². The van der Waals surface area contributed by atoms with Gasteiger partial charge in [-0.05, 0) is 31.5 Å². The molecule has 1 fully saturated rings. The van der Waals surface area contributed by atoms with Crippen molar-refractivity contribution in [1.82, 2.24) is 24.4 Å². The van der Waals surface area contributed by atoms with E-state index in [1.165, 1.54) is 4.88 Å². The van der Waals surface area contributed by atoms with E-state index in [9.17, 15) is 8.78 Å². The number of ether oxygens (including phenoxy) is 1. The average Bonchev–Trinajstić information content (AvgIpc) is 3.35. The monoisotopic (exact) mass is 486 g/mol. The maximum absolute atomic E-state index is 13.9. The second-order valence-electron chi connectivity index (χ2n) is 8.73. The quantitative estimate of drug-likeness (QED) is 0.392. The molecule has 0 aliphatic carbocycles. The van der Waals surface area contributed by atoms with E-state index in [4.69, 9.17) is 14.7 Å². The van der Waals surface area contributed by atoms with Crippen molar-refractivity contribution in [2.24, 2.45) is 0 Å². The Balaban J connectivity index is 1.44. The summed E-state index contributed by atoms with van der Waals surface area (Å²) in [5.74, 6) is 1.61. The second-order valence-corrected chi connectivity index (χ2v) is 9.93. The molecular weight excluding hydrogens is 458 g/mol. The summed E-state index contributed by atoms with van der Waals surface area (Å²) in [6, 6.07) is 7.01. The van der Waals surface area contributed by atoms with Crippen LogP contribution in [-0.4, -0.2) is 57.3 Å². The summed E-state index contributed by atoms with van der Waals surface area (Å²) in [7, 11) is 0. The van der Waals surface area contributed by atoms with Crippen molar-refractivity contribution >= 4 is 38.4 Å². The molecule has 4 heterocycles.